The quantitative estimate of drug-likeness (QED) is 0.841. The van der Waals surface area contributed by atoms with Gasteiger partial charge in [-0.3, -0.25) is 4.79 Å². The lowest BCUT2D eigenvalue weighted by Gasteiger charge is -2.04. The minimum atomic E-state index is -0.256. The molecular formula is C14H14N2O2. The number of fused-ring (bicyclic) bond motifs is 1. The molecule has 0 aliphatic heterocycles. The van der Waals surface area contributed by atoms with Crippen molar-refractivity contribution in [3.63, 3.8) is 0 Å². The van der Waals surface area contributed by atoms with E-state index in [1.807, 2.05) is 13.8 Å². The van der Waals surface area contributed by atoms with Crippen LogP contribution in [0.15, 0.2) is 24.4 Å². The number of aromatic nitrogens is 1. The number of hydrogen-bond acceptors (Lipinski definition) is 3. The van der Waals surface area contributed by atoms with Crippen LogP contribution in [0.25, 0.3) is 10.9 Å². The van der Waals surface area contributed by atoms with Crippen LogP contribution in [0.2, 0.25) is 0 Å². The average Bonchev–Trinajstić information content (AvgIpc) is 2.70. The van der Waals surface area contributed by atoms with E-state index >= 15 is 0 Å². The zero-order valence-corrected chi connectivity index (χ0v) is 10.4. The van der Waals surface area contributed by atoms with E-state index in [0.29, 0.717) is 17.7 Å². The number of aromatic amines is 1. The van der Waals surface area contributed by atoms with E-state index < -0.39 is 0 Å². The molecule has 1 aromatic heterocycles. The number of benzene rings is 1. The fraction of sp³-hybridized carbons (Fsp3) is 0.286. The van der Waals surface area contributed by atoms with E-state index in [2.05, 4.69) is 11.1 Å². The summed E-state index contributed by atoms with van der Waals surface area (Å²) in [4.78, 5) is 14.6. The third-order valence-corrected chi connectivity index (χ3v) is 2.57. The molecule has 1 aromatic carbocycles. The maximum Gasteiger partial charge on any atom is 0.311 e. The fourth-order valence-electron chi connectivity index (χ4n) is 1.75. The Labute approximate surface area is 105 Å². The number of carbonyl (C=O) groups excluding carboxylic acids is 1. The molecule has 4 heteroatoms. The highest BCUT2D eigenvalue weighted by Crippen LogP contribution is 2.26. The van der Waals surface area contributed by atoms with Gasteiger partial charge in [0.2, 0.25) is 0 Å². The standard InChI is InChI=1S/C14H14N2O2/c1-9(2)5-14(17)18-13-8-16-12-4-3-10(7-15)6-11(12)13/h3-4,6,8-9,16H,5H2,1-2H3. The van der Waals surface area contributed by atoms with Gasteiger partial charge in [-0.15, -0.1) is 0 Å². The molecule has 2 aromatic rings. The van der Waals surface area contributed by atoms with E-state index in [9.17, 15) is 4.79 Å². The number of carbonyl (C=O) groups is 1. The Morgan fingerprint density at radius 2 is 2.28 bits per heavy atom. The molecule has 0 atom stereocenters. The topological polar surface area (TPSA) is 65.9 Å². The number of nitriles is 1. The lowest BCUT2D eigenvalue weighted by atomic mass is 10.1. The second-order valence-electron chi connectivity index (χ2n) is 4.60. The number of nitrogens with zero attached hydrogens (tertiary/aromatic N) is 1. The number of nitrogens with one attached hydrogen (secondary N) is 1. The lowest BCUT2D eigenvalue weighted by molar-refractivity contribution is -0.135. The molecule has 0 spiro atoms. The molecule has 2 rings (SSSR count). The van der Waals surface area contributed by atoms with E-state index in [1.165, 1.54) is 0 Å². The number of hydrogen-bond donors (Lipinski definition) is 1. The molecular weight excluding hydrogens is 228 g/mol. The Balaban J connectivity index is 2.28. The predicted molar refractivity (Wildman–Crippen MR) is 68.1 cm³/mol. The Hall–Kier alpha value is -2.28. The molecule has 0 saturated carbocycles. The highest BCUT2D eigenvalue weighted by molar-refractivity contribution is 5.89. The first-order chi connectivity index (χ1) is 8.60. The van der Waals surface area contributed by atoms with Crippen molar-refractivity contribution in [2.75, 3.05) is 0 Å². The summed E-state index contributed by atoms with van der Waals surface area (Å²) in [7, 11) is 0. The monoisotopic (exact) mass is 242 g/mol. The summed E-state index contributed by atoms with van der Waals surface area (Å²) in [6.07, 6.45) is 2.02. The molecule has 0 aliphatic rings. The highest BCUT2D eigenvalue weighted by Gasteiger charge is 2.11. The predicted octanol–water partition coefficient (Wildman–Crippen LogP) is 2.99. The number of esters is 1. The molecule has 1 N–H and O–H groups in total. The summed E-state index contributed by atoms with van der Waals surface area (Å²) in [5, 5.41) is 9.61. The van der Waals surface area contributed by atoms with Gasteiger partial charge >= 0.3 is 5.97 Å². The molecule has 18 heavy (non-hydrogen) atoms. The Morgan fingerprint density at radius 3 is 2.94 bits per heavy atom. The molecule has 1 heterocycles. The summed E-state index contributed by atoms with van der Waals surface area (Å²) in [5.41, 5.74) is 1.39. The Morgan fingerprint density at radius 1 is 1.50 bits per heavy atom. The van der Waals surface area contributed by atoms with Gasteiger partial charge in [0, 0.05) is 23.5 Å². The van der Waals surface area contributed by atoms with Crippen LogP contribution in [-0.2, 0) is 4.79 Å². The maximum atomic E-state index is 11.6. The van der Waals surface area contributed by atoms with Crippen LogP contribution in [0.1, 0.15) is 25.8 Å². The van der Waals surface area contributed by atoms with Crippen LogP contribution in [0.3, 0.4) is 0 Å². The van der Waals surface area contributed by atoms with Gasteiger partial charge in [-0.1, -0.05) is 13.8 Å². The Kier molecular flexibility index (Phi) is 3.33. The lowest BCUT2D eigenvalue weighted by Crippen LogP contribution is -2.10. The van der Waals surface area contributed by atoms with Crippen molar-refractivity contribution in [2.24, 2.45) is 5.92 Å². The van der Waals surface area contributed by atoms with Crippen LogP contribution < -0.4 is 4.74 Å². The molecule has 0 radical (unpaired) electrons. The van der Waals surface area contributed by atoms with Crippen molar-refractivity contribution in [3.05, 3.63) is 30.0 Å². The van der Waals surface area contributed by atoms with Crippen molar-refractivity contribution in [3.8, 4) is 11.8 Å². The van der Waals surface area contributed by atoms with E-state index in [0.717, 1.165) is 10.9 Å². The third kappa shape index (κ3) is 2.51. The second kappa shape index (κ2) is 4.92. The number of ether oxygens (including phenoxy) is 1. The smallest absolute Gasteiger partial charge is 0.311 e. The molecule has 0 fully saturated rings. The SMILES string of the molecule is CC(C)CC(=O)Oc1c[nH]c2ccc(C#N)cc12. The van der Waals surface area contributed by atoms with Gasteiger partial charge in [-0.2, -0.15) is 5.26 Å². The minimum absolute atomic E-state index is 0.256. The first kappa shape index (κ1) is 12.2. The first-order valence-electron chi connectivity index (χ1n) is 5.82. The van der Waals surface area contributed by atoms with Gasteiger partial charge in [-0.05, 0) is 24.1 Å². The van der Waals surface area contributed by atoms with Crippen LogP contribution in [0.4, 0.5) is 0 Å². The van der Waals surface area contributed by atoms with Crippen molar-refractivity contribution < 1.29 is 9.53 Å². The summed E-state index contributed by atoms with van der Waals surface area (Å²) in [6, 6.07) is 7.30. The number of H-pyrrole nitrogens is 1. The van der Waals surface area contributed by atoms with Crippen LogP contribution >= 0.6 is 0 Å². The zero-order chi connectivity index (χ0) is 13.1. The zero-order valence-electron chi connectivity index (χ0n) is 10.4. The summed E-state index contributed by atoms with van der Waals surface area (Å²) < 4.78 is 5.30. The molecule has 0 unspecified atom stereocenters. The van der Waals surface area contributed by atoms with Crippen LogP contribution in [-0.4, -0.2) is 11.0 Å². The number of rotatable bonds is 3. The van der Waals surface area contributed by atoms with Crippen molar-refractivity contribution >= 4 is 16.9 Å². The molecule has 0 amide bonds. The fourth-order valence-corrected chi connectivity index (χ4v) is 1.75. The highest BCUT2D eigenvalue weighted by atomic mass is 16.5. The Bertz CT molecular complexity index is 620. The average molecular weight is 242 g/mol. The van der Waals surface area contributed by atoms with Crippen molar-refractivity contribution in [1.29, 1.82) is 5.26 Å². The van der Waals surface area contributed by atoms with Crippen molar-refractivity contribution in [1.82, 2.24) is 4.98 Å². The van der Waals surface area contributed by atoms with Gasteiger partial charge in [0.1, 0.15) is 0 Å². The first-order valence-corrected chi connectivity index (χ1v) is 5.82. The van der Waals surface area contributed by atoms with E-state index in [4.69, 9.17) is 10.00 Å². The van der Waals surface area contributed by atoms with Gasteiger partial charge in [0.15, 0.2) is 5.75 Å². The van der Waals surface area contributed by atoms with Gasteiger partial charge < -0.3 is 9.72 Å². The van der Waals surface area contributed by atoms with Gasteiger partial charge in [-0.25, -0.2) is 0 Å². The van der Waals surface area contributed by atoms with Gasteiger partial charge in [0.25, 0.3) is 0 Å². The maximum absolute atomic E-state index is 11.6. The largest absolute Gasteiger partial charge is 0.424 e. The summed E-state index contributed by atoms with van der Waals surface area (Å²) in [5.74, 6) is 0.485. The van der Waals surface area contributed by atoms with Crippen LogP contribution in [0.5, 0.6) is 5.75 Å². The summed E-state index contributed by atoms with van der Waals surface area (Å²) in [6.45, 7) is 3.93. The molecule has 0 aliphatic carbocycles. The minimum Gasteiger partial charge on any atom is -0.424 e. The molecule has 92 valence electrons. The third-order valence-electron chi connectivity index (χ3n) is 2.57. The van der Waals surface area contributed by atoms with E-state index in [-0.39, 0.29) is 11.9 Å². The normalized spacial score (nSPS) is 10.6. The second-order valence-corrected chi connectivity index (χ2v) is 4.60. The molecule has 0 bridgehead atoms. The van der Waals surface area contributed by atoms with Gasteiger partial charge in [0.05, 0.1) is 11.6 Å². The van der Waals surface area contributed by atoms with E-state index in [1.54, 1.807) is 24.4 Å². The molecule has 4 nitrogen and oxygen atoms in total. The molecule has 0 saturated heterocycles. The van der Waals surface area contributed by atoms with Crippen molar-refractivity contribution in [2.45, 2.75) is 20.3 Å². The summed E-state index contributed by atoms with van der Waals surface area (Å²) >= 11 is 0. The van der Waals surface area contributed by atoms with Crippen LogP contribution in [0, 0.1) is 17.2 Å².